The summed E-state index contributed by atoms with van der Waals surface area (Å²) in [6.45, 7) is 5.73. The number of carbonyl (C=O) groups excluding carboxylic acids is 1. The van der Waals surface area contributed by atoms with Gasteiger partial charge in [0.1, 0.15) is 45.5 Å². The molecule has 2 aromatic carbocycles. The van der Waals surface area contributed by atoms with Crippen molar-refractivity contribution in [3.05, 3.63) is 80.1 Å². The summed E-state index contributed by atoms with van der Waals surface area (Å²) in [4.78, 5) is 57.9. The van der Waals surface area contributed by atoms with Crippen LogP contribution in [0.25, 0.3) is 20.4 Å². The van der Waals surface area contributed by atoms with E-state index in [1.54, 1.807) is 49.5 Å². The summed E-state index contributed by atoms with van der Waals surface area (Å²) in [6, 6.07) is 8.84. The first-order valence-corrected chi connectivity index (χ1v) is 22.8. The fourth-order valence-electron chi connectivity index (χ4n) is 9.74. The van der Waals surface area contributed by atoms with Crippen LogP contribution in [0.15, 0.2) is 46.9 Å². The van der Waals surface area contributed by atoms with Crippen molar-refractivity contribution < 1.29 is 24.2 Å². The highest BCUT2D eigenvalue weighted by molar-refractivity contribution is 7.19. The number of carbonyl (C=O) groups is 2. The van der Waals surface area contributed by atoms with Crippen molar-refractivity contribution in [3.63, 3.8) is 0 Å². The second kappa shape index (κ2) is 16.4. The quantitative estimate of drug-likeness (QED) is 0.134. The van der Waals surface area contributed by atoms with E-state index < -0.39 is 5.97 Å². The molecule has 62 heavy (non-hydrogen) atoms. The van der Waals surface area contributed by atoms with Gasteiger partial charge in [-0.2, -0.15) is 0 Å². The van der Waals surface area contributed by atoms with E-state index in [0.29, 0.717) is 43.9 Å². The predicted molar refractivity (Wildman–Crippen MR) is 244 cm³/mol. The third-order valence-electron chi connectivity index (χ3n) is 13.0. The van der Waals surface area contributed by atoms with Gasteiger partial charge in [-0.05, 0) is 123 Å². The number of aliphatic carboxylic acids is 1. The molecule has 1 amide bonds. The van der Waals surface area contributed by atoms with Gasteiger partial charge in [-0.15, -0.1) is 22.7 Å². The van der Waals surface area contributed by atoms with E-state index in [4.69, 9.17) is 9.47 Å². The van der Waals surface area contributed by atoms with Gasteiger partial charge in [-0.1, -0.05) is 0 Å². The lowest BCUT2D eigenvalue weighted by Gasteiger charge is -2.32. The number of thiophene rings is 2. The highest BCUT2D eigenvalue weighted by Crippen LogP contribution is 2.44. The molecule has 0 bridgehead atoms. The number of hydrogen-bond acceptors (Lipinski definition) is 14. The number of rotatable bonds is 8. The zero-order chi connectivity index (χ0) is 42.6. The molecule has 11 rings (SSSR count). The molecule has 0 saturated carbocycles. The predicted octanol–water partition coefficient (Wildman–Crippen LogP) is 8.45. The van der Waals surface area contributed by atoms with Gasteiger partial charge in [0.05, 0.1) is 55.4 Å². The van der Waals surface area contributed by atoms with Gasteiger partial charge < -0.3 is 30.1 Å². The molecule has 7 heterocycles. The maximum atomic E-state index is 13.4. The molecule has 5 aliphatic rings. The highest BCUT2D eigenvalue weighted by Gasteiger charge is 2.38. The first-order valence-electron chi connectivity index (χ1n) is 21.2. The molecule has 2 unspecified atom stereocenters. The van der Waals surface area contributed by atoms with E-state index in [0.717, 1.165) is 115 Å². The minimum Gasteiger partial charge on any atom is -0.495 e. The average molecular weight is 870 g/mol. The van der Waals surface area contributed by atoms with Gasteiger partial charge in [0, 0.05) is 40.2 Å². The number of nitrogens with one attached hydrogen (secondary N) is 2. The third kappa shape index (κ3) is 7.21. The monoisotopic (exact) mass is 869 g/mol. The van der Waals surface area contributed by atoms with Crippen molar-refractivity contribution in [1.29, 1.82) is 0 Å². The van der Waals surface area contributed by atoms with Crippen LogP contribution in [0.5, 0.6) is 11.5 Å². The topological polar surface area (TPSA) is 176 Å². The first kappa shape index (κ1) is 40.1. The number of ether oxygens (including phenoxy) is 2. The van der Waals surface area contributed by atoms with Crippen LogP contribution in [-0.4, -0.2) is 80.6 Å². The fourth-order valence-corrected chi connectivity index (χ4v) is 12.3. The summed E-state index contributed by atoms with van der Waals surface area (Å²) >= 11 is 3.27. The molecule has 4 atom stereocenters. The number of aryl methyl sites for hydroxylation is 2. The average Bonchev–Trinajstić information content (AvgIpc) is 4.13. The number of aromatic nitrogens is 4. The third-order valence-corrected chi connectivity index (χ3v) is 15.3. The zero-order valence-electron chi connectivity index (χ0n) is 35.0. The molecular formula is C46H47N9O5S2. The Bertz CT molecular complexity index is 2820. The van der Waals surface area contributed by atoms with Crippen molar-refractivity contribution in [1.82, 2.24) is 24.8 Å². The standard InChI is InChI=1S/C26H29N5O2S.C20H18N4O3S/c1-14-4-5-15(2)31(14)26(32)16-6-7-19-22(10-16)34-25-23(19)24(28-13-29-25)30-20-8-17-11-27-12-18(17)9-21(20)33-3;1-27-15-5-12-8-21-7-11(12)4-14(15)24-18-17-13-3-2-10(20(25)26)6-16(13)28-19(17)23-9-22-18/h8-9,11,13-16H,4-7,10,12H2,1-3H3,(H,28,29,30);4-5,7,9-10H,2-3,6,8H2,1H3,(H,25,26)(H,22,23,24)/t14-,15-,16?;/m1./s1. The van der Waals surface area contributed by atoms with E-state index in [2.05, 4.69) is 65.4 Å². The lowest BCUT2D eigenvalue weighted by Crippen LogP contribution is -2.43. The first-order chi connectivity index (χ1) is 30.2. The molecule has 1 saturated heterocycles. The number of likely N-dealkylation sites (tertiary alicyclic amines) is 1. The van der Waals surface area contributed by atoms with Crippen LogP contribution in [0.2, 0.25) is 0 Å². The van der Waals surface area contributed by atoms with Crippen LogP contribution in [0.1, 0.15) is 82.7 Å². The van der Waals surface area contributed by atoms with Gasteiger partial charge >= 0.3 is 5.97 Å². The number of amides is 1. The van der Waals surface area contributed by atoms with E-state index in [1.165, 1.54) is 21.6 Å². The second-order valence-corrected chi connectivity index (χ2v) is 18.9. The smallest absolute Gasteiger partial charge is 0.306 e. The number of hydrogen-bond donors (Lipinski definition) is 3. The molecule has 14 nitrogen and oxygen atoms in total. The van der Waals surface area contributed by atoms with Gasteiger partial charge in [0.15, 0.2) is 0 Å². The molecule has 2 aliphatic carbocycles. The molecular weight excluding hydrogens is 823 g/mol. The number of benzene rings is 2. The molecule has 6 aromatic rings. The number of aliphatic imine (C=N–C) groups is 2. The van der Waals surface area contributed by atoms with E-state index in [9.17, 15) is 14.7 Å². The number of nitrogens with zero attached hydrogens (tertiary/aromatic N) is 7. The molecule has 0 radical (unpaired) electrons. The largest absolute Gasteiger partial charge is 0.495 e. The van der Waals surface area contributed by atoms with Crippen LogP contribution in [0.3, 0.4) is 0 Å². The Labute approximate surface area is 366 Å². The van der Waals surface area contributed by atoms with E-state index in [1.807, 2.05) is 30.6 Å². The van der Waals surface area contributed by atoms with Gasteiger partial charge in [-0.25, -0.2) is 19.9 Å². The van der Waals surface area contributed by atoms with Crippen molar-refractivity contribution in [2.75, 3.05) is 24.9 Å². The van der Waals surface area contributed by atoms with Gasteiger partial charge in [-0.3, -0.25) is 19.6 Å². The normalized spacial score (nSPS) is 20.6. The maximum Gasteiger partial charge on any atom is 0.306 e. The molecule has 0 spiro atoms. The SMILES string of the molecule is COc1cc2c(cc1Nc1ncnc3sc4c(c13)CCC(C(=O)N1[C@H](C)CC[C@H]1C)C4)C=NC2.COc1cc2c(cc1Nc1ncnc3sc4c(c13)CCC(C(=O)O)C4)C=NC2. The highest BCUT2D eigenvalue weighted by atomic mass is 32.1. The zero-order valence-corrected chi connectivity index (χ0v) is 36.7. The summed E-state index contributed by atoms with van der Waals surface area (Å²) in [6.07, 6.45) is 13.6. The summed E-state index contributed by atoms with van der Waals surface area (Å²) in [5, 5.41) is 18.4. The lowest BCUT2D eigenvalue weighted by molar-refractivity contribution is -0.142. The number of methoxy groups -OCH3 is 2. The number of carboxylic acids is 1. The lowest BCUT2D eigenvalue weighted by atomic mass is 9.86. The second-order valence-electron chi connectivity index (χ2n) is 16.7. The van der Waals surface area contributed by atoms with Crippen LogP contribution in [0, 0.1) is 11.8 Å². The molecule has 318 valence electrons. The van der Waals surface area contributed by atoms with Crippen LogP contribution >= 0.6 is 22.7 Å². The minimum atomic E-state index is -0.725. The summed E-state index contributed by atoms with van der Waals surface area (Å²) in [5.41, 5.74) is 8.64. The Balaban J connectivity index is 0.000000151. The Morgan fingerprint density at radius 1 is 0.694 bits per heavy atom. The summed E-state index contributed by atoms with van der Waals surface area (Å²) < 4.78 is 11.2. The molecule has 1 fully saturated rings. The van der Waals surface area contributed by atoms with Gasteiger partial charge in [0.2, 0.25) is 5.91 Å². The fraction of sp³-hybridized carbons (Fsp3) is 0.391. The van der Waals surface area contributed by atoms with E-state index in [-0.39, 0.29) is 11.8 Å². The Morgan fingerprint density at radius 3 is 1.66 bits per heavy atom. The molecule has 4 aromatic heterocycles. The molecule has 3 N–H and O–H groups in total. The van der Waals surface area contributed by atoms with Crippen molar-refractivity contribution in [3.8, 4) is 11.5 Å². The number of anilines is 4. The summed E-state index contributed by atoms with van der Waals surface area (Å²) in [7, 11) is 3.33. The van der Waals surface area contributed by atoms with Gasteiger partial charge in [0.25, 0.3) is 0 Å². The number of fused-ring (bicyclic) bond motifs is 8. The van der Waals surface area contributed by atoms with Crippen LogP contribution in [-0.2, 0) is 48.4 Å². The molecule has 3 aliphatic heterocycles. The number of carboxylic acid groups (broad SMARTS) is 1. The van der Waals surface area contributed by atoms with Crippen molar-refractivity contribution in [2.45, 2.75) is 90.4 Å². The van der Waals surface area contributed by atoms with Crippen LogP contribution < -0.4 is 20.1 Å². The van der Waals surface area contributed by atoms with Crippen molar-refractivity contribution in [2.24, 2.45) is 21.8 Å². The Hall–Kier alpha value is -6.00. The van der Waals surface area contributed by atoms with E-state index >= 15 is 0 Å². The Morgan fingerprint density at radius 2 is 1.18 bits per heavy atom. The van der Waals surface area contributed by atoms with Crippen molar-refractivity contribution >= 4 is 90.4 Å². The minimum absolute atomic E-state index is 0.0593. The summed E-state index contributed by atoms with van der Waals surface area (Å²) in [5.74, 6) is 2.38. The maximum absolute atomic E-state index is 13.4. The molecule has 16 heteroatoms. The van der Waals surface area contributed by atoms with Crippen LogP contribution in [0.4, 0.5) is 23.0 Å². The Kier molecular flexibility index (Phi) is 10.6.